The molecule has 0 fully saturated rings. The Bertz CT molecular complexity index is 605. The summed E-state index contributed by atoms with van der Waals surface area (Å²) in [4.78, 5) is 4.13. The molecule has 0 unspecified atom stereocenters. The highest BCUT2D eigenvalue weighted by molar-refractivity contribution is 6.42. The number of hydrogen-bond acceptors (Lipinski definition) is 3. The SMILES string of the molecule is COc1ccc(Cl)c2c(Cl)c(C#N)cnc12. The van der Waals surface area contributed by atoms with Gasteiger partial charge in [-0.2, -0.15) is 5.26 Å². The number of nitriles is 1. The molecule has 0 saturated heterocycles. The highest BCUT2D eigenvalue weighted by atomic mass is 35.5. The highest BCUT2D eigenvalue weighted by Gasteiger charge is 2.13. The molecule has 0 amide bonds. The Hall–Kier alpha value is -1.50. The summed E-state index contributed by atoms with van der Waals surface area (Å²) >= 11 is 12.1. The van der Waals surface area contributed by atoms with Gasteiger partial charge in [0.1, 0.15) is 17.3 Å². The van der Waals surface area contributed by atoms with Crippen molar-refractivity contribution in [1.29, 1.82) is 5.26 Å². The van der Waals surface area contributed by atoms with Crippen molar-refractivity contribution in [3.63, 3.8) is 0 Å². The van der Waals surface area contributed by atoms with E-state index in [2.05, 4.69) is 4.98 Å². The van der Waals surface area contributed by atoms with E-state index in [1.165, 1.54) is 13.3 Å². The first kappa shape index (κ1) is 11.0. The zero-order chi connectivity index (χ0) is 11.7. The fraction of sp³-hybridized carbons (Fsp3) is 0.0909. The first-order valence-electron chi connectivity index (χ1n) is 4.40. The first-order chi connectivity index (χ1) is 7.69. The highest BCUT2D eigenvalue weighted by Crippen LogP contribution is 2.35. The lowest BCUT2D eigenvalue weighted by Gasteiger charge is -2.07. The van der Waals surface area contributed by atoms with Gasteiger partial charge in [0.2, 0.25) is 0 Å². The second kappa shape index (κ2) is 4.17. The lowest BCUT2D eigenvalue weighted by Crippen LogP contribution is -1.91. The third-order valence-corrected chi connectivity index (χ3v) is 2.92. The molecule has 0 radical (unpaired) electrons. The van der Waals surface area contributed by atoms with E-state index in [1.807, 2.05) is 6.07 Å². The van der Waals surface area contributed by atoms with Gasteiger partial charge in [-0.3, -0.25) is 4.98 Å². The molecule has 16 heavy (non-hydrogen) atoms. The van der Waals surface area contributed by atoms with Gasteiger partial charge in [-0.1, -0.05) is 23.2 Å². The maximum atomic E-state index is 8.85. The zero-order valence-corrected chi connectivity index (χ0v) is 9.80. The van der Waals surface area contributed by atoms with Gasteiger partial charge in [-0.15, -0.1) is 0 Å². The van der Waals surface area contributed by atoms with Crippen molar-refractivity contribution in [1.82, 2.24) is 4.98 Å². The molecule has 0 bridgehead atoms. The minimum Gasteiger partial charge on any atom is -0.494 e. The van der Waals surface area contributed by atoms with Crippen LogP contribution in [-0.2, 0) is 0 Å². The predicted octanol–water partition coefficient (Wildman–Crippen LogP) is 3.42. The van der Waals surface area contributed by atoms with Crippen molar-refractivity contribution >= 4 is 34.1 Å². The van der Waals surface area contributed by atoms with Gasteiger partial charge in [0, 0.05) is 11.6 Å². The van der Waals surface area contributed by atoms with E-state index in [-0.39, 0.29) is 0 Å². The van der Waals surface area contributed by atoms with Crippen LogP contribution in [0.15, 0.2) is 18.3 Å². The molecule has 0 atom stereocenters. The Labute approximate surface area is 102 Å². The Kier molecular flexibility index (Phi) is 2.86. The number of methoxy groups -OCH3 is 1. The molecule has 0 N–H and O–H groups in total. The van der Waals surface area contributed by atoms with E-state index in [0.29, 0.717) is 32.3 Å². The van der Waals surface area contributed by atoms with Crippen molar-refractivity contribution in [2.45, 2.75) is 0 Å². The second-order valence-corrected chi connectivity index (χ2v) is 3.86. The second-order valence-electron chi connectivity index (χ2n) is 3.07. The maximum absolute atomic E-state index is 8.85. The van der Waals surface area contributed by atoms with E-state index in [0.717, 1.165) is 0 Å². The van der Waals surface area contributed by atoms with Crippen molar-refractivity contribution in [3.8, 4) is 11.8 Å². The molecule has 0 aliphatic carbocycles. The van der Waals surface area contributed by atoms with Gasteiger partial charge in [-0.05, 0) is 12.1 Å². The number of pyridine rings is 1. The summed E-state index contributed by atoms with van der Waals surface area (Å²) < 4.78 is 5.15. The monoisotopic (exact) mass is 252 g/mol. The summed E-state index contributed by atoms with van der Waals surface area (Å²) in [6.07, 6.45) is 1.41. The van der Waals surface area contributed by atoms with Crippen LogP contribution in [0.25, 0.3) is 10.9 Å². The maximum Gasteiger partial charge on any atom is 0.145 e. The summed E-state index contributed by atoms with van der Waals surface area (Å²) in [5, 5.41) is 10.1. The number of ether oxygens (including phenoxy) is 1. The Morgan fingerprint density at radius 2 is 2.12 bits per heavy atom. The summed E-state index contributed by atoms with van der Waals surface area (Å²) in [5.74, 6) is 0.575. The number of benzene rings is 1. The molecule has 2 aromatic rings. The molecule has 1 heterocycles. The van der Waals surface area contributed by atoms with Crippen LogP contribution in [-0.4, -0.2) is 12.1 Å². The van der Waals surface area contributed by atoms with Crippen LogP contribution < -0.4 is 4.74 Å². The Morgan fingerprint density at radius 1 is 1.38 bits per heavy atom. The van der Waals surface area contributed by atoms with Crippen LogP contribution in [0.1, 0.15) is 5.56 Å². The van der Waals surface area contributed by atoms with Crippen LogP contribution in [0, 0.1) is 11.3 Å². The number of fused-ring (bicyclic) bond motifs is 1. The molecule has 2 rings (SSSR count). The van der Waals surface area contributed by atoms with Crippen molar-refractivity contribution < 1.29 is 4.74 Å². The number of rotatable bonds is 1. The van der Waals surface area contributed by atoms with Gasteiger partial charge < -0.3 is 4.74 Å². The normalized spacial score (nSPS) is 10.1. The minimum atomic E-state index is 0.296. The summed E-state index contributed by atoms with van der Waals surface area (Å²) in [6.45, 7) is 0. The molecule has 3 nitrogen and oxygen atoms in total. The predicted molar refractivity (Wildman–Crippen MR) is 63.0 cm³/mol. The van der Waals surface area contributed by atoms with Gasteiger partial charge in [-0.25, -0.2) is 0 Å². The molecule has 5 heteroatoms. The standard InChI is InChI=1S/C11H6Cl2N2O/c1-16-8-3-2-7(12)9-10(13)6(4-14)5-15-11(8)9/h2-3,5H,1H3. The first-order valence-corrected chi connectivity index (χ1v) is 5.15. The number of hydrogen-bond donors (Lipinski definition) is 0. The van der Waals surface area contributed by atoms with E-state index >= 15 is 0 Å². The van der Waals surface area contributed by atoms with Gasteiger partial charge in [0.15, 0.2) is 0 Å². The zero-order valence-electron chi connectivity index (χ0n) is 8.29. The van der Waals surface area contributed by atoms with Crippen LogP contribution >= 0.6 is 23.2 Å². The fourth-order valence-corrected chi connectivity index (χ4v) is 2.03. The lowest BCUT2D eigenvalue weighted by atomic mass is 10.1. The number of aromatic nitrogens is 1. The van der Waals surface area contributed by atoms with Gasteiger partial charge >= 0.3 is 0 Å². The van der Waals surface area contributed by atoms with Crippen molar-refractivity contribution in [3.05, 3.63) is 33.9 Å². The smallest absolute Gasteiger partial charge is 0.145 e. The van der Waals surface area contributed by atoms with Crippen LogP contribution in [0.4, 0.5) is 0 Å². The topological polar surface area (TPSA) is 45.9 Å². The molecule has 0 aliphatic heterocycles. The Morgan fingerprint density at radius 3 is 2.75 bits per heavy atom. The van der Waals surface area contributed by atoms with Crippen LogP contribution in [0.3, 0.4) is 0 Å². The van der Waals surface area contributed by atoms with E-state index in [1.54, 1.807) is 12.1 Å². The van der Waals surface area contributed by atoms with E-state index in [9.17, 15) is 0 Å². The summed E-state index contributed by atoms with van der Waals surface area (Å²) in [6, 6.07) is 5.33. The molecule has 1 aromatic carbocycles. The van der Waals surface area contributed by atoms with Gasteiger partial charge in [0.05, 0.1) is 22.7 Å². The molecule has 80 valence electrons. The molecular weight excluding hydrogens is 247 g/mol. The van der Waals surface area contributed by atoms with Crippen molar-refractivity contribution in [2.24, 2.45) is 0 Å². The third kappa shape index (κ3) is 1.57. The fourth-order valence-electron chi connectivity index (χ4n) is 1.45. The largest absolute Gasteiger partial charge is 0.494 e. The summed E-state index contributed by atoms with van der Waals surface area (Å²) in [5.41, 5.74) is 0.850. The van der Waals surface area contributed by atoms with E-state index in [4.69, 9.17) is 33.2 Å². The van der Waals surface area contributed by atoms with Crippen LogP contribution in [0.2, 0.25) is 10.0 Å². The molecule has 0 spiro atoms. The number of halogens is 2. The molecule has 0 saturated carbocycles. The van der Waals surface area contributed by atoms with Crippen LogP contribution in [0.5, 0.6) is 5.75 Å². The Balaban J connectivity index is 2.94. The molecule has 1 aromatic heterocycles. The molecule has 0 aliphatic rings. The average molecular weight is 253 g/mol. The third-order valence-electron chi connectivity index (χ3n) is 2.21. The number of nitrogens with zero attached hydrogens (tertiary/aromatic N) is 2. The lowest BCUT2D eigenvalue weighted by molar-refractivity contribution is 0.419. The summed E-state index contributed by atoms with van der Waals surface area (Å²) in [7, 11) is 1.54. The molecular formula is C11H6Cl2N2O. The quantitative estimate of drug-likeness (QED) is 0.782. The van der Waals surface area contributed by atoms with E-state index < -0.39 is 0 Å². The van der Waals surface area contributed by atoms with Gasteiger partial charge in [0.25, 0.3) is 0 Å². The average Bonchev–Trinajstić information content (AvgIpc) is 2.30. The van der Waals surface area contributed by atoms with Crippen molar-refractivity contribution in [2.75, 3.05) is 7.11 Å². The minimum absolute atomic E-state index is 0.296.